The Hall–Kier alpha value is -1.15. The first-order valence-electron chi connectivity index (χ1n) is 10.4. The number of aromatic nitrogens is 2. The first-order valence-corrected chi connectivity index (χ1v) is 10.7. The van der Waals surface area contributed by atoms with Gasteiger partial charge in [0.1, 0.15) is 11.8 Å². The largest absolute Gasteiger partial charge is 0.472 e. The Morgan fingerprint density at radius 1 is 1.22 bits per heavy atom. The fraction of sp³-hybridized carbons (Fsp3) is 0.381. The molecule has 2 saturated heterocycles. The number of carbonyl (C=O) groups excluding carboxylic acids is 2. The summed E-state index contributed by atoms with van der Waals surface area (Å²) in [6, 6.07) is 1.90. The zero-order chi connectivity index (χ0) is 24.2. The summed E-state index contributed by atoms with van der Waals surface area (Å²) in [5.74, 6) is -0.715. The van der Waals surface area contributed by atoms with Crippen LogP contribution in [0.4, 0.5) is 18.0 Å². The number of amides is 2. The number of rotatable bonds is 3. The maximum atomic E-state index is 13.8. The van der Waals surface area contributed by atoms with Gasteiger partial charge in [-0.15, -0.1) is 0 Å². The number of likely N-dealkylation sites (tertiary alicyclic amines) is 1. The normalized spacial score (nSPS) is 20.2. The van der Waals surface area contributed by atoms with Crippen molar-refractivity contribution in [1.82, 2.24) is 19.2 Å². The van der Waals surface area contributed by atoms with E-state index in [1.165, 1.54) is 34.6 Å². The second-order valence-corrected chi connectivity index (χ2v) is 8.44. The van der Waals surface area contributed by atoms with E-state index in [0.29, 0.717) is 12.1 Å². The van der Waals surface area contributed by atoms with E-state index in [4.69, 9.17) is 20.8 Å². The van der Waals surface area contributed by atoms with Crippen LogP contribution in [-0.2, 0) is 10.9 Å². The number of fused-ring (bicyclic) bond motifs is 1. The van der Waals surface area contributed by atoms with Crippen LogP contribution in [0.1, 0.15) is 22.5 Å². The number of piperidine rings is 1. The Kier molecular flexibility index (Phi) is 9.24. The Morgan fingerprint density at radius 3 is 2.56 bits per heavy atom. The fourth-order valence-electron chi connectivity index (χ4n) is 4.37. The number of halogens is 4. The molecule has 36 heavy (non-hydrogen) atoms. The molecule has 2 amide bonds. The van der Waals surface area contributed by atoms with Crippen LogP contribution in [0.3, 0.4) is 0 Å². The van der Waals surface area contributed by atoms with E-state index in [-0.39, 0.29) is 105 Å². The Balaban J connectivity index is 0.00000180. The Labute approximate surface area is 255 Å². The fourth-order valence-corrected chi connectivity index (χ4v) is 4.62. The summed E-state index contributed by atoms with van der Waals surface area (Å²) in [5.41, 5.74) is -1.35. The van der Waals surface area contributed by atoms with Crippen molar-refractivity contribution in [3.05, 3.63) is 47.3 Å². The van der Waals surface area contributed by atoms with Crippen molar-refractivity contribution in [3.63, 3.8) is 0 Å². The van der Waals surface area contributed by atoms with Crippen molar-refractivity contribution in [1.29, 1.82) is 0 Å². The number of hydrogen-bond donors (Lipinski definition) is 1. The van der Waals surface area contributed by atoms with Crippen molar-refractivity contribution in [3.8, 4) is 11.1 Å². The zero-order valence-corrected chi connectivity index (χ0v) is 27.5. The molecule has 0 radical (unpaired) electrons. The van der Waals surface area contributed by atoms with E-state index >= 15 is 0 Å². The minimum atomic E-state index is -4.76. The molecule has 0 aliphatic carbocycles. The maximum absolute atomic E-state index is 13.8. The molecule has 2 aliphatic rings. The minimum Gasteiger partial charge on any atom is -0.472 e. The number of alkyl halides is 3. The van der Waals surface area contributed by atoms with E-state index in [2.05, 4.69) is 4.98 Å². The van der Waals surface area contributed by atoms with Crippen LogP contribution in [0.25, 0.3) is 16.8 Å². The summed E-state index contributed by atoms with van der Waals surface area (Å²) in [6.45, 7) is 0.584. The number of hydrogen-bond acceptors (Lipinski definition) is 6. The molecule has 0 unspecified atom stereocenters. The SMILES string of the molecule is O=C(c1nc2c(C(F)(F)F)cc(-c3ccoc3)cn2c1Cl)N1CC[C@H](N2CCOC2=O)[C@@H](O)C1.[U].[U]. The molecular formula is C21H18ClF3N4O5U2. The molecule has 15 heteroatoms. The molecule has 3 aromatic heterocycles. The van der Waals surface area contributed by atoms with E-state index in [1.54, 1.807) is 0 Å². The number of ether oxygens (including phenoxy) is 1. The van der Waals surface area contributed by atoms with Crippen LogP contribution >= 0.6 is 11.6 Å². The third kappa shape index (κ3) is 5.36. The van der Waals surface area contributed by atoms with Crippen LogP contribution in [-0.4, -0.2) is 74.7 Å². The second-order valence-electron chi connectivity index (χ2n) is 8.08. The number of nitrogens with zero attached hydrogens (tertiary/aromatic N) is 4. The maximum Gasteiger partial charge on any atom is 0.420 e. The molecule has 1 N–H and O–H groups in total. The number of pyridine rings is 1. The van der Waals surface area contributed by atoms with Crippen molar-refractivity contribution < 1.29 is 99.2 Å². The molecule has 0 aromatic carbocycles. The molecule has 2 fully saturated rings. The third-order valence-corrected chi connectivity index (χ3v) is 6.41. The van der Waals surface area contributed by atoms with Gasteiger partial charge in [-0.25, -0.2) is 9.78 Å². The number of β-amino-alcohol motifs (C(OH)–C–C–N with tert-alkyl or cyclic N) is 1. The van der Waals surface area contributed by atoms with Gasteiger partial charge in [0.15, 0.2) is 11.3 Å². The Morgan fingerprint density at radius 2 is 1.97 bits per heavy atom. The van der Waals surface area contributed by atoms with E-state index in [1.807, 2.05) is 0 Å². The van der Waals surface area contributed by atoms with Gasteiger partial charge in [-0.05, 0) is 18.6 Å². The van der Waals surface area contributed by atoms with Crippen molar-refractivity contribution in [2.75, 3.05) is 26.2 Å². The molecule has 2 atom stereocenters. The van der Waals surface area contributed by atoms with Crippen molar-refractivity contribution in [2.24, 2.45) is 0 Å². The van der Waals surface area contributed by atoms with Gasteiger partial charge < -0.3 is 19.2 Å². The molecule has 5 heterocycles. The summed E-state index contributed by atoms with van der Waals surface area (Å²) in [4.78, 5) is 31.6. The van der Waals surface area contributed by atoms with Gasteiger partial charge in [0.05, 0.1) is 36.8 Å². The van der Waals surface area contributed by atoms with E-state index < -0.39 is 41.5 Å². The van der Waals surface area contributed by atoms with Crippen LogP contribution in [0.15, 0.2) is 35.3 Å². The summed E-state index contributed by atoms with van der Waals surface area (Å²) in [7, 11) is 0. The first-order chi connectivity index (χ1) is 16.1. The quantitative estimate of drug-likeness (QED) is 0.433. The molecule has 0 saturated carbocycles. The van der Waals surface area contributed by atoms with Gasteiger partial charge >= 0.3 is 12.3 Å². The van der Waals surface area contributed by atoms with Crippen LogP contribution in [0.2, 0.25) is 5.15 Å². The average molecular weight is 975 g/mol. The summed E-state index contributed by atoms with van der Waals surface area (Å²) >= 11 is 6.34. The molecule has 2 aliphatic heterocycles. The molecular weight excluding hydrogens is 957 g/mol. The number of cyclic esters (lactones) is 1. The standard InChI is InChI=1S/C21H18ClF3N4O5.2U/c22-17-16(19(31)27-3-1-14(15(30)9-27)28-4-6-34-20(28)32)26-18-13(21(23,24)25)7-12(8-29(17)18)11-2-5-33-10-11;;/h2,5,7-8,10,14-15,30H,1,3-4,6,9H2;;/t14-,15-;;/m0../s1. The zero-order valence-electron chi connectivity index (χ0n) is 18.5. The molecule has 188 valence electrons. The van der Waals surface area contributed by atoms with Gasteiger partial charge in [-0.3, -0.25) is 14.1 Å². The number of furan rings is 1. The predicted octanol–water partition coefficient (Wildman–Crippen LogP) is 3.29. The number of aliphatic hydroxyl groups excluding tert-OH is 1. The molecule has 0 bridgehead atoms. The second kappa shape index (κ2) is 11.3. The topological polar surface area (TPSA) is 101 Å². The summed E-state index contributed by atoms with van der Waals surface area (Å²) in [5, 5.41) is 10.3. The molecule has 5 rings (SSSR count). The average Bonchev–Trinajstić information content (AvgIpc) is 3.53. The van der Waals surface area contributed by atoms with Crippen LogP contribution in [0, 0.1) is 62.2 Å². The minimum absolute atomic E-state index is 0. The molecule has 9 nitrogen and oxygen atoms in total. The predicted molar refractivity (Wildman–Crippen MR) is 111 cm³/mol. The monoisotopic (exact) mass is 974 g/mol. The number of carbonyl (C=O) groups is 2. The van der Waals surface area contributed by atoms with Gasteiger partial charge in [-0.2, -0.15) is 13.2 Å². The van der Waals surface area contributed by atoms with Crippen LogP contribution < -0.4 is 0 Å². The van der Waals surface area contributed by atoms with E-state index in [9.17, 15) is 27.9 Å². The first kappa shape index (κ1) is 29.4. The van der Waals surface area contributed by atoms with Gasteiger partial charge in [-0.1, -0.05) is 11.6 Å². The van der Waals surface area contributed by atoms with Gasteiger partial charge in [0.2, 0.25) is 0 Å². The van der Waals surface area contributed by atoms with Crippen LogP contribution in [0.5, 0.6) is 0 Å². The summed E-state index contributed by atoms with van der Waals surface area (Å²) < 4.78 is 52.3. The molecule has 0 spiro atoms. The molecule has 3 aromatic rings. The van der Waals surface area contributed by atoms with E-state index in [0.717, 1.165) is 10.5 Å². The van der Waals surface area contributed by atoms with Crippen molar-refractivity contribution >= 4 is 29.2 Å². The number of imidazole rings is 1. The summed E-state index contributed by atoms with van der Waals surface area (Å²) in [6.07, 6.45) is -2.10. The smallest absolute Gasteiger partial charge is 0.420 e. The number of aliphatic hydroxyl groups is 1. The Bertz CT molecular complexity index is 1270. The van der Waals surface area contributed by atoms with Gasteiger partial charge in [0.25, 0.3) is 5.91 Å². The van der Waals surface area contributed by atoms with Gasteiger partial charge in [0, 0.05) is 92.6 Å². The van der Waals surface area contributed by atoms with Crippen molar-refractivity contribution in [2.45, 2.75) is 24.7 Å². The third-order valence-electron chi connectivity index (χ3n) is 6.05.